The molecule has 0 aliphatic carbocycles. The Morgan fingerprint density at radius 3 is 2.28 bits per heavy atom. The Kier molecular flexibility index (Phi) is 5.37. The van der Waals surface area contributed by atoms with E-state index in [1.807, 2.05) is 13.8 Å². The van der Waals surface area contributed by atoms with Crippen LogP contribution in [0.1, 0.15) is 29.8 Å². The second-order valence-electron chi connectivity index (χ2n) is 4.30. The fourth-order valence-corrected chi connectivity index (χ4v) is 2.10. The Morgan fingerprint density at radius 1 is 1.28 bits per heavy atom. The largest absolute Gasteiger partial charge is 0.480 e. The maximum atomic E-state index is 11.7. The molecular weight excluding hydrogens is 250 g/mol. The third-order valence-corrected chi connectivity index (χ3v) is 3.23. The average Bonchev–Trinajstić information content (AvgIpc) is 2.28. The fraction of sp³-hybridized carbons (Fsp3) is 0.385. The lowest BCUT2D eigenvalue weighted by molar-refractivity contribution is -0.138. The summed E-state index contributed by atoms with van der Waals surface area (Å²) in [7, 11) is 0. The first-order valence-electron chi connectivity index (χ1n) is 5.68. The molecule has 0 heterocycles. The highest BCUT2D eigenvalue weighted by Gasteiger charge is 2.13. The lowest BCUT2D eigenvalue weighted by atomic mass is 10.1. The second-order valence-corrected chi connectivity index (χ2v) is 5.85. The van der Waals surface area contributed by atoms with Crippen LogP contribution in [0.4, 0.5) is 0 Å². The van der Waals surface area contributed by atoms with Crippen molar-refractivity contribution in [1.29, 1.82) is 0 Å². The first-order chi connectivity index (χ1) is 8.40. The molecule has 0 radical (unpaired) electrons. The van der Waals surface area contributed by atoms with E-state index in [0.717, 1.165) is 5.56 Å². The molecule has 1 aromatic carbocycles. The van der Waals surface area contributed by atoms with E-state index in [9.17, 15) is 9.59 Å². The van der Waals surface area contributed by atoms with E-state index in [0.29, 0.717) is 5.56 Å². The molecule has 0 fully saturated rings. The molecule has 0 unspecified atom stereocenters. The van der Waals surface area contributed by atoms with Crippen LogP contribution in [0.2, 0.25) is 0 Å². The number of carbonyl (C=O) groups excluding carboxylic acids is 1. The zero-order chi connectivity index (χ0) is 13.7. The van der Waals surface area contributed by atoms with Crippen molar-refractivity contribution in [3.63, 3.8) is 0 Å². The van der Waals surface area contributed by atoms with Crippen molar-refractivity contribution in [2.45, 2.75) is 31.6 Å². The SMILES string of the molecule is CC(C)SC(=O)c1ccc(C[C@H](N)C(=O)O)cc1. The smallest absolute Gasteiger partial charge is 0.320 e. The molecule has 18 heavy (non-hydrogen) atoms. The van der Waals surface area contributed by atoms with Gasteiger partial charge in [-0.1, -0.05) is 49.9 Å². The minimum absolute atomic E-state index is 0.0269. The highest BCUT2D eigenvalue weighted by molar-refractivity contribution is 8.14. The van der Waals surface area contributed by atoms with Gasteiger partial charge in [0.1, 0.15) is 6.04 Å². The highest BCUT2D eigenvalue weighted by Crippen LogP contribution is 2.18. The van der Waals surface area contributed by atoms with E-state index in [1.54, 1.807) is 24.3 Å². The fourth-order valence-electron chi connectivity index (χ4n) is 1.40. The Balaban J connectivity index is 2.68. The molecule has 4 nitrogen and oxygen atoms in total. The zero-order valence-electron chi connectivity index (χ0n) is 10.4. The topological polar surface area (TPSA) is 80.4 Å². The number of hydrogen-bond donors (Lipinski definition) is 2. The van der Waals surface area contributed by atoms with Gasteiger partial charge in [-0.2, -0.15) is 0 Å². The number of carboxylic acids is 1. The Labute approximate surface area is 111 Å². The number of benzene rings is 1. The second kappa shape index (κ2) is 6.56. The van der Waals surface area contributed by atoms with Crippen LogP contribution in [0.15, 0.2) is 24.3 Å². The van der Waals surface area contributed by atoms with E-state index < -0.39 is 12.0 Å². The van der Waals surface area contributed by atoms with E-state index in [1.165, 1.54) is 11.8 Å². The summed E-state index contributed by atoms with van der Waals surface area (Å²) in [5.74, 6) is -1.02. The predicted octanol–water partition coefficient (Wildman–Crippen LogP) is 1.92. The molecule has 1 aromatic rings. The highest BCUT2D eigenvalue weighted by atomic mass is 32.2. The van der Waals surface area contributed by atoms with Gasteiger partial charge in [0.25, 0.3) is 0 Å². The number of rotatable bonds is 5. The number of hydrogen-bond acceptors (Lipinski definition) is 4. The summed E-state index contributed by atoms with van der Waals surface area (Å²) >= 11 is 1.27. The van der Waals surface area contributed by atoms with Crippen molar-refractivity contribution >= 4 is 22.8 Å². The molecule has 98 valence electrons. The standard InChI is InChI=1S/C13H17NO3S/c1-8(2)18-13(17)10-5-3-9(4-6-10)7-11(14)12(15)16/h3-6,8,11H,7,14H2,1-2H3,(H,15,16)/t11-/m0/s1. The minimum atomic E-state index is -1.02. The lowest BCUT2D eigenvalue weighted by Gasteiger charge is -2.07. The molecule has 1 rings (SSSR count). The summed E-state index contributed by atoms with van der Waals surface area (Å²) in [5, 5.41) is 8.98. The third kappa shape index (κ3) is 4.50. The van der Waals surface area contributed by atoms with Crippen LogP contribution in [0, 0.1) is 0 Å². The lowest BCUT2D eigenvalue weighted by Crippen LogP contribution is -2.32. The van der Waals surface area contributed by atoms with Crippen molar-refractivity contribution in [1.82, 2.24) is 0 Å². The maximum Gasteiger partial charge on any atom is 0.320 e. The normalized spacial score (nSPS) is 12.4. The van der Waals surface area contributed by atoms with Crippen molar-refractivity contribution in [3.8, 4) is 0 Å². The average molecular weight is 267 g/mol. The number of nitrogens with two attached hydrogens (primary N) is 1. The first-order valence-corrected chi connectivity index (χ1v) is 6.56. The minimum Gasteiger partial charge on any atom is -0.480 e. The van der Waals surface area contributed by atoms with Crippen LogP contribution >= 0.6 is 11.8 Å². The van der Waals surface area contributed by atoms with Crippen LogP contribution in [-0.4, -0.2) is 27.5 Å². The van der Waals surface area contributed by atoms with Crippen LogP contribution in [0.25, 0.3) is 0 Å². The number of carboxylic acid groups (broad SMARTS) is 1. The Bertz CT molecular complexity index is 428. The van der Waals surface area contributed by atoms with E-state index in [4.69, 9.17) is 10.8 Å². The third-order valence-electron chi connectivity index (χ3n) is 2.31. The maximum absolute atomic E-state index is 11.7. The number of aliphatic carboxylic acids is 1. The van der Waals surface area contributed by atoms with Crippen molar-refractivity contribution in [2.75, 3.05) is 0 Å². The van der Waals surface area contributed by atoms with Crippen LogP contribution < -0.4 is 5.73 Å². The summed E-state index contributed by atoms with van der Waals surface area (Å²) in [5.41, 5.74) is 6.88. The van der Waals surface area contributed by atoms with Gasteiger partial charge in [0.15, 0.2) is 0 Å². The zero-order valence-corrected chi connectivity index (χ0v) is 11.2. The molecule has 0 bridgehead atoms. The van der Waals surface area contributed by atoms with Gasteiger partial charge in [0.05, 0.1) is 0 Å². The number of thioether (sulfide) groups is 1. The summed E-state index contributed by atoms with van der Waals surface area (Å²) < 4.78 is 0. The van der Waals surface area contributed by atoms with Crippen molar-refractivity contribution in [3.05, 3.63) is 35.4 Å². The molecule has 0 amide bonds. The molecule has 3 N–H and O–H groups in total. The van der Waals surface area contributed by atoms with Gasteiger partial charge in [-0.05, 0) is 12.0 Å². The molecular formula is C13H17NO3S. The quantitative estimate of drug-likeness (QED) is 0.852. The first kappa shape index (κ1) is 14.7. The van der Waals surface area contributed by atoms with Crippen LogP contribution in [-0.2, 0) is 11.2 Å². The van der Waals surface area contributed by atoms with E-state index in [-0.39, 0.29) is 16.8 Å². The Hall–Kier alpha value is -1.33. The molecule has 0 aliphatic heterocycles. The molecule has 0 saturated heterocycles. The van der Waals surface area contributed by atoms with E-state index in [2.05, 4.69) is 0 Å². The van der Waals surface area contributed by atoms with Gasteiger partial charge in [0, 0.05) is 10.8 Å². The van der Waals surface area contributed by atoms with E-state index >= 15 is 0 Å². The molecule has 0 aromatic heterocycles. The van der Waals surface area contributed by atoms with Gasteiger partial charge >= 0.3 is 5.97 Å². The molecule has 0 spiro atoms. The summed E-state index contributed by atoms with van der Waals surface area (Å²) in [6, 6.07) is 6.01. The van der Waals surface area contributed by atoms with Crippen LogP contribution in [0.5, 0.6) is 0 Å². The van der Waals surface area contributed by atoms with Gasteiger partial charge in [0.2, 0.25) is 5.12 Å². The van der Waals surface area contributed by atoms with Crippen LogP contribution in [0.3, 0.4) is 0 Å². The van der Waals surface area contributed by atoms with Crippen molar-refractivity contribution in [2.24, 2.45) is 5.73 Å². The molecule has 0 aliphatic rings. The van der Waals surface area contributed by atoms with Gasteiger partial charge < -0.3 is 10.8 Å². The van der Waals surface area contributed by atoms with Gasteiger partial charge in [-0.3, -0.25) is 9.59 Å². The summed E-state index contributed by atoms with van der Waals surface area (Å²) in [6.07, 6.45) is 0.265. The molecule has 1 atom stereocenters. The predicted molar refractivity (Wildman–Crippen MR) is 72.8 cm³/mol. The summed E-state index contributed by atoms with van der Waals surface area (Å²) in [6.45, 7) is 3.92. The molecule has 0 saturated carbocycles. The number of carbonyl (C=O) groups is 2. The molecule has 5 heteroatoms. The van der Waals surface area contributed by atoms with Gasteiger partial charge in [-0.25, -0.2) is 0 Å². The summed E-state index contributed by atoms with van der Waals surface area (Å²) in [4.78, 5) is 22.4. The van der Waals surface area contributed by atoms with Crippen molar-refractivity contribution < 1.29 is 14.7 Å². The van der Waals surface area contributed by atoms with Gasteiger partial charge in [-0.15, -0.1) is 0 Å². The monoisotopic (exact) mass is 267 g/mol. The Morgan fingerprint density at radius 2 is 1.83 bits per heavy atom.